The fourth-order valence-corrected chi connectivity index (χ4v) is 4.01. The topological polar surface area (TPSA) is 40.5 Å². The van der Waals surface area contributed by atoms with E-state index in [1.54, 1.807) is 12.1 Å². The zero-order chi connectivity index (χ0) is 13.4. The number of nitrogens with zero attached hydrogens (tertiary/aromatic N) is 1. The first-order chi connectivity index (χ1) is 9.13. The SMILES string of the molecule is O=C(O)c1ccc(CN2CC3CCCC3C2)c(Br)c1. The fraction of sp³-hybridized carbons (Fsp3) is 0.533. The summed E-state index contributed by atoms with van der Waals surface area (Å²) in [4.78, 5) is 13.4. The number of carboxylic acids is 1. The highest BCUT2D eigenvalue weighted by atomic mass is 79.9. The predicted octanol–water partition coefficient (Wildman–Crippen LogP) is 3.38. The van der Waals surface area contributed by atoms with E-state index in [9.17, 15) is 4.79 Å². The van der Waals surface area contributed by atoms with Gasteiger partial charge < -0.3 is 5.11 Å². The van der Waals surface area contributed by atoms with Crippen LogP contribution in [0.3, 0.4) is 0 Å². The lowest BCUT2D eigenvalue weighted by Crippen LogP contribution is -2.21. The molecule has 3 nitrogen and oxygen atoms in total. The van der Waals surface area contributed by atoms with Crippen LogP contribution in [0.4, 0.5) is 0 Å². The van der Waals surface area contributed by atoms with E-state index in [0.29, 0.717) is 5.56 Å². The number of halogens is 1. The van der Waals surface area contributed by atoms with Gasteiger partial charge in [-0.05, 0) is 42.4 Å². The molecule has 0 spiro atoms. The minimum Gasteiger partial charge on any atom is -0.478 e. The van der Waals surface area contributed by atoms with E-state index in [-0.39, 0.29) is 0 Å². The molecule has 0 bridgehead atoms. The molecule has 1 aliphatic carbocycles. The van der Waals surface area contributed by atoms with Gasteiger partial charge >= 0.3 is 5.97 Å². The molecule has 1 saturated heterocycles. The van der Waals surface area contributed by atoms with Crippen LogP contribution in [0.25, 0.3) is 0 Å². The Balaban J connectivity index is 1.69. The van der Waals surface area contributed by atoms with Crippen molar-refractivity contribution in [1.29, 1.82) is 0 Å². The van der Waals surface area contributed by atoms with Gasteiger partial charge in [-0.3, -0.25) is 4.90 Å². The van der Waals surface area contributed by atoms with Crippen LogP contribution in [0.2, 0.25) is 0 Å². The van der Waals surface area contributed by atoms with Crippen molar-refractivity contribution in [2.75, 3.05) is 13.1 Å². The van der Waals surface area contributed by atoms with E-state index < -0.39 is 5.97 Å². The highest BCUT2D eigenvalue weighted by Gasteiger charge is 2.35. The van der Waals surface area contributed by atoms with Gasteiger partial charge in [-0.25, -0.2) is 4.79 Å². The molecule has 102 valence electrons. The lowest BCUT2D eigenvalue weighted by atomic mass is 10.0. The van der Waals surface area contributed by atoms with Gasteiger partial charge in [-0.2, -0.15) is 0 Å². The minimum absolute atomic E-state index is 0.342. The van der Waals surface area contributed by atoms with Crippen molar-refractivity contribution in [1.82, 2.24) is 4.90 Å². The number of rotatable bonds is 3. The molecule has 0 aromatic heterocycles. The third kappa shape index (κ3) is 2.70. The largest absolute Gasteiger partial charge is 0.478 e. The highest BCUT2D eigenvalue weighted by molar-refractivity contribution is 9.10. The summed E-state index contributed by atoms with van der Waals surface area (Å²) in [6.07, 6.45) is 4.18. The van der Waals surface area contributed by atoms with E-state index in [1.807, 2.05) is 6.07 Å². The first-order valence-corrected chi connectivity index (χ1v) is 7.67. The summed E-state index contributed by atoms with van der Waals surface area (Å²) in [5.41, 5.74) is 1.53. The molecule has 2 fully saturated rings. The second-order valence-corrected chi connectivity index (χ2v) is 6.61. The number of likely N-dealkylation sites (tertiary alicyclic amines) is 1. The second kappa shape index (κ2) is 5.25. The lowest BCUT2D eigenvalue weighted by molar-refractivity contribution is 0.0697. The number of fused-ring (bicyclic) bond motifs is 1. The third-order valence-corrected chi connectivity index (χ3v) is 5.23. The van der Waals surface area contributed by atoms with Crippen LogP contribution in [-0.2, 0) is 6.54 Å². The van der Waals surface area contributed by atoms with Gasteiger partial charge in [0.1, 0.15) is 0 Å². The molecule has 2 unspecified atom stereocenters. The van der Waals surface area contributed by atoms with Crippen LogP contribution in [0.15, 0.2) is 22.7 Å². The van der Waals surface area contributed by atoms with Crippen molar-refractivity contribution in [3.05, 3.63) is 33.8 Å². The van der Waals surface area contributed by atoms with E-state index >= 15 is 0 Å². The van der Waals surface area contributed by atoms with Crippen LogP contribution < -0.4 is 0 Å². The van der Waals surface area contributed by atoms with Gasteiger partial charge in [-0.1, -0.05) is 28.4 Å². The summed E-state index contributed by atoms with van der Waals surface area (Å²) in [5, 5.41) is 8.96. The molecule has 3 rings (SSSR count). The Kier molecular flexibility index (Phi) is 3.63. The van der Waals surface area contributed by atoms with Crippen molar-refractivity contribution in [3.8, 4) is 0 Å². The molecule has 1 heterocycles. The average molecular weight is 324 g/mol. The number of benzene rings is 1. The van der Waals surface area contributed by atoms with Crippen molar-refractivity contribution in [2.24, 2.45) is 11.8 Å². The summed E-state index contributed by atoms with van der Waals surface area (Å²) in [7, 11) is 0. The van der Waals surface area contributed by atoms with Crippen LogP contribution in [0, 0.1) is 11.8 Å². The van der Waals surface area contributed by atoms with Crippen molar-refractivity contribution >= 4 is 21.9 Å². The van der Waals surface area contributed by atoms with Gasteiger partial charge in [0, 0.05) is 24.1 Å². The molecular weight excluding hydrogens is 306 g/mol. The number of carboxylic acid groups (broad SMARTS) is 1. The van der Waals surface area contributed by atoms with Crippen molar-refractivity contribution in [2.45, 2.75) is 25.8 Å². The van der Waals surface area contributed by atoms with Crippen LogP contribution in [0.1, 0.15) is 35.2 Å². The Hall–Kier alpha value is -0.870. The maximum atomic E-state index is 10.9. The van der Waals surface area contributed by atoms with Gasteiger partial charge in [0.2, 0.25) is 0 Å². The fourth-order valence-electron chi connectivity index (χ4n) is 3.51. The average Bonchev–Trinajstić information content (AvgIpc) is 2.92. The van der Waals surface area contributed by atoms with Gasteiger partial charge in [0.05, 0.1) is 5.56 Å². The van der Waals surface area contributed by atoms with Crippen LogP contribution in [-0.4, -0.2) is 29.1 Å². The molecule has 1 aliphatic heterocycles. The van der Waals surface area contributed by atoms with Crippen molar-refractivity contribution < 1.29 is 9.90 Å². The summed E-state index contributed by atoms with van der Waals surface area (Å²) in [6, 6.07) is 5.33. The maximum Gasteiger partial charge on any atom is 0.335 e. The molecular formula is C15H18BrNO2. The zero-order valence-corrected chi connectivity index (χ0v) is 12.4. The number of aromatic carboxylic acids is 1. The molecule has 1 aromatic carbocycles. The molecule has 0 radical (unpaired) electrons. The summed E-state index contributed by atoms with van der Waals surface area (Å²) >= 11 is 3.49. The van der Waals surface area contributed by atoms with E-state index in [2.05, 4.69) is 20.8 Å². The van der Waals surface area contributed by atoms with Gasteiger partial charge in [0.25, 0.3) is 0 Å². The predicted molar refractivity (Wildman–Crippen MR) is 77.2 cm³/mol. The molecule has 1 saturated carbocycles. The summed E-state index contributed by atoms with van der Waals surface area (Å²) in [5.74, 6) is 0.928. The third-order valence-electron chi connectivity index (χ3n) is 4.50. The quantitative estimate of drug-likeness (QED) is 0.927. The monoisotopic (exact) mass is 323 g/mol. The molecule has 19 heavy (non-hydrogen) atoms. The number of hydrogen-bond donors (Lipinski definition) is 1. The molecule has 1 N–H and O–H groups in total. The Labute approximate surface area is 121 Å². The van der Waals surface area contributed by atoms with Crippen molar-refractivity contribution in [3.63, 3.8) is 0 Å². The molecule has 4 heteroatoms. The zero-order valence-electron chi connectivity index (χ0n) is 10.8. The maximum absolute atomic E-state index is 10.9. The first kappa shape index (κ1) is 13.1. The summed E-state index contributed by atoms with van der Waals surface area (Å²) < 4.78 is 0.907. The summed E-state index contributed by atoms with van der Waals surface area (Å²) in [6.45, 7) is 3.34. The number of hydrogen-bond acceptors (Lipinski definition) is 2. The molecule has 2 atom stereocenters. The minimum atomic E-state index is -0.872. The first-order valence-electron chi connectivity index (χ1n) is 6.87. The van der Waals surface area contributed by atoms with Crippen LogP contribution >= 0.6 is 15.9 Å². The Bertz CT molecular complexity index is 491. The number of carbonyl (C=O) groups is 1. The molecule has 0 amide bonds. The normalized spacial score (nSPS) is 26.6. The smallest absolute Gasteiger partial charge is 0.335 e. The van der Waals surface area contributed by atoms with Gasteiger partial charge in [-0.15, -0.1) is 0 Å². The Morgan fingerprint density at radius 3 is 2.58 bits per heavy atom. The second-order valence-electron chi connectivity index (χ2n) is 5.76. The van der Waals surface area contributed by atoms with Crippen LogP contribution in [0.5, 0.6) is 0 Å². The van der Waals surface area contributed by atoms with E-state index in [1.165, 1.54) is 37.9 Å². The standard InChI is InChI=1S/C15H18BrNO2/c16-14-6-10(15(18)19)4-5-13(14)9-17-7-11-2-1-3-12(11)8-17/h4-6,11-12H,1-3,7-9H2,(H,18,19). The Morgan fingerprint density at radius 1 is 1.32 bits per heavy atom. The highest BCUT2D eigenvalue weighted by Crippen LogP contribution is 2.38. The Morgan fingerprint density at radius 2 is 2.00 bits per heavy atom. The van der Waals surface area contributed by atoms with E-state index in [4.69, 9.17) is 5.11 Å². The van der Waals surface area contributed by atoms with E-state index in [0.717, 1.165) is 22.9 Å². The molecule has 1 aromatic rings. The lowest BCUT2D eigenvalue weighted by Gasteiger charge is -2.17. The molecule has 2 aliphatic rings. The van der Waals surface area contributed by atoms with Gasteiger partial charge in [0.15, 0.2) is 0 Å².